The number of nitrogens with zero attached hydrogens (tertiary/aromatic N) is 2. The summed E-state index contributed by atoms with van der Waals surface area (Å²) in [5, 5.41) is 3.96. The van der Waals surface area contributed by atoms with Crippen LogP contribution in [0.2, 0.25) is 0 Å². The highest BCUT2D eigenvalue weighted by molar-refractivity contribution is 6.05. The van der Waals surface area contributed by atoms with E-state index in [4.69, 9.17) is 0 Å². The van der Waals surface area contributed by atoms with Gasteiger partial charge in [-0.05, 0) is 47.5 Å². The van der Waals surface area contributed by atoms with Crippen LogP contribution >= 0.6 is 0 Å². The summed E-state index contributed by atoms with van der Waals surface area (Å²) >= 11 is 0. The van der Waals surface area contributed by atoms with Crippen LogP contribution in [0.1, 0.15) is 21.5 Å². The number of amides is 1. The minimum Gasteiger partial charge on any atom is -0.363 e. The molecule has 1 N–H and O–H groups in total. The summed E-state index contributed by atoms with van der Waals surface area (Å²) in [6, 6.07) is 38.4. The van der Waals surface area contributed by atoms with E-state index >= 15 is 0 Å². The molecular formula is C30H25N3O. The standard InChI is InChI=1S/C30H25N3O/c34-30(32-27-19-26-13-7-8-14-29(26)31-20-27)25-15-17-28(18-16-25)33(21-23-9-3-1-4-10-23)22-24-11-5-2-6-12-24/h1-20H,21-22H2,(H,32,34). The van der Waals surface area contributed by atoms with Gasteiger partial charge in [0.15, 0.2) is 0 Å². The van der Waals surface area contributed by atoms with Crippen molar-refractivity contribution >= 4 is 28.2 Å². The second-order valence-electron chi connectivity index (χ2n) is 8.24. The van der Waals surface area contributed by atoms with Gasteiger partial charge in [-0.3, -0.25) is 9.78 Å². The maximum Gasteiger partial charge on any atom is 0.255 e. The number of aromatic nitrogens is 1. The highest BCUT2D eigenvalue weighted by Gasteiger charge is 2.12. The van der Waals surface area contributed by atoms with Gasteiger partial charge in [-0.2, -0.15) is 0 Å². The van der Waals surface area contributed by atoms with Crippen molar-refractivity contribution in [3.63, 3.8) is 0 Å². The first-order chi connectivity index (χ1) is 16.7. The lowest BCUT2D eigenvalue weighted by molar-refractivity contribution is 0.102. The Labute approximate surface area is 199 Å². The molecule has 0 saturated carbocycles. The van der Waals surface area contributed by atoms with E-state index in [2.05, 4.69) is 63.7 Å². The van der Waals surface area contributed by atoms with Gasteiger partial charge in [0.05, 0.1) is 17.4 Å². The normalized spacial score (nSPS) is 10.7. The Morgan fingerprint density at radius 3 is 1.94 bits per heavy atom. The van der Waals surface area contributed by atoms with Crippen molar-refractivity contribution in [2.24, 2.45) is 0 Å². The molecule has 1 amide bonds. The zero-order valence-corrected chi connectivity index (χ0v) is 18.8. The van der Waals surface area contributed by atoms with Crippen LogP contribution in [0.3, 0.4) is 0 Å². The van der Waals surface area contributed by atoms with Crippen molar-refractivity contribution in [3.05, 3.63) is 138 Å². The van der Waals surface area contributed by atoms with Gasteiger partial charge in [-0.15, -0.1) is 0 Å². The molecule has 0 atom stereocenters. The van der Waals surface area contributed by atoms with Crippen LogP contribution in [-0.4, -0.2) is 10.9 Å². The van der Waals surface area contributed by atoms with Gasteiger partial charge in [0, 0.05) is 29.7 Å². The van der Waals surface area contributed by atoms with Gasteiger partial charge in [-0.25, -0.2) is 0 Å². The molecule has 34 heavy (non-hydrogen) atoms. The van der Waals surface area contributed by atoms with E-state index in [-0.39, 0.29) is 5.91 Å². The lowest BCUT2D eigenvalue weighted by atomic mass is 10.1. The largest absolute Gasteiger partial charge is 0.363 e. The first-order valence-corrected chi connectivity index (χ1v) is 11.3. The van der Waals surface area contributed by atoms with Gasteiger partial charge < -0.3 is 10.2 Å². The van der Waals surface area contributed by atoms with E-state index in [9.17, 15) is 4.79 Å². The lowest BCUT2D eigenvalue weighted by Crippen LogP contribution is -2.22. The first-order valence-electron chi connectivity index (χ1n) is 11.3. The second-order valence-corrected chi connectivity index (χ2v) is 8.24. The van der Waals surface area contributed by atoms with E-state index in [1.165, 1.54) is 11.1 Å². The summed E-state index contributed by atoms with van der Waals surface area (Å²) in [6.07, 6.45) is 1.69. The van der Waals surface area contributed by atoms with Gasteiger partial charge in [0.25, 0.3) is 5.91 Å². The monoisotopic (exact) mass is 443 g/mol. The van der Waals surface area contributed by atoms with Gasteiger partial charge in [-0.1, -0.05) is 78.9 Å². The summed E-state index contributed by atoms with van der Waals surface area (Å²) in [6.45, 7) is 1.56. The number of hydrogen-bond acceptors (Lipinski definition) is 3. The van der Waals surface area contributed by atoms with Crippen molar-refractivity contribution in [2.75, 3.05) is 10.2 Å². The van der Waals surface area contributed by atoms with Crippen LogP contribution in [0.15, 0.2) is 121 Å². The van der Waals surface area contributed by atoms with Gasteiger partial charge in [0.1, 0.15) is 0 Å². The van der Waals surface area contributed by atoms with Crippen LogP contribution in [0.25, 0.3) is 10.9 Å². The predicted octanol–water partition coefficient (Wildman–Crippen LogP) is 6.69. The summed E-state index contributed by atoms with van der Waals surface area (Å²) in [4.78, 5) is 19.6. The zero-order chi connectivity index (χ0) is 23.2. The van der Waals surface area contributed by atoms with Gasteiger partial charge >= 0.3 is 0 Å². The maximum atomic E-state index is 12.9. The Bertz CT molecular complexity index is 1340. The fraction of sp³-hybridized carbons (Fsp3) is 0.0667. The quantitative estimate of drug-likeness (QED) is 0.305. The number of fused-ring (bicyclic) bond motifs is 1. The number of rotatable bonds is 7. The zero-order valence-electron chi connectivity index (χ0n) is 18.8. The van der Waals surface area contributed by atoms with Crippen LogP contribution in [0.5, 0.6) is 0 Å². The Morgan fingerprint density at radius 1 is 0.706 bits per heavy atom. The molecular weight excluding hydrogens is 418 g/mol. The maximum absolute atomic E-state index is 12.9. The summed E-state index contributed by atoms with van der Waals surface area (Å²) in [7, 11) is 0. The Morgan fingerprint density at radius 2 is 1.29 bits per heavy atom. The van der Waals surface area contributed by atoms with Crippen molar-refractivity contribution in [2.45, 2.75) is 13.1 Å². The Balaban J connectivity index is 1.34. The minimum absolute atomic E-state index is 0.152. The summed E-state index contributed by atoms with van der Waals surface area (Å²) in [5.74, 6) is -0.152. The van der Waals surface area contributed by atoms with E-state index in [0.29, 0.717) is 11.3 Å². The highest BCUT2D eigenvalue weighted by atomic mass is 16.1. The molecule has 0 radical (unpaired) electrons. The molecule has 1 heterocycles. The first kappa shape index (κ1) is 21.4. The van der Waals surface area contributed by atoms with E-state index in [0.717, 1.165) is 29.7 Å². The van der Waals surface area contributed by atoms with Crippen molar-refractivity contribution in [1.82, 2.24) is 4.98 Å². The molecule has 4 aromatic carbocycles. The number of nitrogens with one attached hydrogen (secondary N) is 1. The van der Waals surface area contributed by atoms with Crippen molar-refractivity contribution in [1.29, 1.82) is 0 Å². The van der Waals surface area contributed by atoms with Crippen LogP contribution < -0.4 is 10.2 Å². The number of para-hydroxylation sites is 1. The third-order valence-corrected chi connectivity index (χ3v) is 5.78. The molecule has 4 nitrogen and oxygen atoms in total. The number of anilines is 2. The number of benzene rings is 4. The topological polar surface area (TPSA) is 45.2 Å². The van der Waals surface area contributed by atoms with Crippen LogP contribution in [-0.2, 0) is 13.1 Å². The highest BCUT2D eigenvalue weighted by Crippen LogP contribution is 2.22. The van der Waals surface area contributed by atoms with Crippen LogP contribution in [0, 0.1) is 0 Å². The third-order valence-electron chi connectivity index (χ3n) is 5.78. The molecule has 5 rings (SSSR count). The van der Waals surface area contributed by atoms with Crippen LogP contribution in [0.4, 0.5) is 11.4 Å². The van der Waals surface area contributed by atoms with Gasteiger partial charge in [0.2, 0.25) is 0 Å². The van der Waals surface area contributed by atoms with Crippen molar-refractivity contribution in [3.8, 4) is 0 Å². The molecule has 0 unspecified atom stereocenters. The number of carbonyl (C=O) groups is 1. The number of carbonyl (C=O) groups excluding carboxylic acids is 1. The summed E-state index contributed by atoms with van der Waals surface area (Å²) in [5.41, 5.74) is 5.74. The molecule has 0 spiro atoms. The molecule has 4 heteroatoms. The lowest BCUT2D eigenvalue weighted by Gasteiger charge is -2.25. The molecule has 0 aliphatic heterocycles. The van der Waals surface area contributed by atoms with E-state index in [1.807, 2.05) is 66.7 Å². The number of pyridine rings is 1. The fourth-order valence-electron chi connectivity index (χ4n) is 4.01. The van der Waals surface area contributed by atoms with Crippen molar-refractivity contribution < 1.29 is 4.79 Å². The van der Waals surface area contributed by atoms with E-state index in [1.54, 1.807) is 6.20 Å². The predicted molar refractivity (Wildman–Crippen MR) is 139 cm³/mol. The molecule has 1 aromatic heterocycles. The average Bonchev–Trinajstić information content (AvgIpc) is 2.89. The molecule has 0 aliphatic carbocycles. The average molecular weight is 444 g/mol. The SMILES string of the molecule is O=C(Nc1cnc2ccccc2c1)c1ccc(N(Cc2ccccc2)Cc2ccccc2)cc1. The summed E-state index contributed by atoms with van der Waals surface area (Å²) < 4.78 is 0. The molecule has 5 aromatic rings. The fourth-order valence-corrected chi connectivity index (χ4v) is 4.01. The number of hydrogen-bond donors (Lipinski definition) is 1. The molecule has 0 aliphatic rings. The molecule has 0 fully saturated rings. The third kappa shape index (κ3) is 5.13. The Hall–Kier alpha value is -4.44. The smallest absolute Gasteiger partial charge is 0.255 e. The second kappa shape index (κ2) is 10.0. The molecule has 0 saturated heterocycles. The Kier molecular flexibility index (Phi) is 6.30. The molecule has 0 bridgehead atoms. The minimum atomic E-state index is -0.152. The van der Waals surface area contributed by atoms with E-state index < -0.39 is 0 Å². The molecule has 166 valence electrons.